The lowest BCUT2D eigenvalue weighted by Gasteiger charge is -2.11. The van der Waals surface area contributed by atoms with Crippen molar-refractivity contribution in [1.29, 1.82) is 0 Å². The first kappa shape index (κ1) is 10.6. The lowest BCUT2D eigenvalue weighted by molar-refractivity contribution is -0.123. The highest BCUT2D eigenvalue weighted by Crippen LogP contribution is 2.11. The number of benzene rings is 1. The van der Waals surface area contributed by atoms with Gasteiger partial charge in [-0.3, -0.25) is 15.6 Å². The number of carbonyl (C=O) groups excluding carboxylic acids is 1. The second-order valence-electron chi connectivity index (χ2n) is 3.58. The van der Waals surface area contributed by atoms with Crippen LogP contribution in [0.15, 0.2) is 24.3 Å². The van der Waals surface area contributed by atoms with Gasteiger partial charge in [-0.05, 0) is 18.6 Å². The van der Waals surface area contributed by atoms with Crippen LogP contribution in [-0.4, -0.2) is 5.91 Å². The van der Waals surface area contributed by atoms with Gasteiger partial charge in [0.05, 0.1) is 5.69 Å². The molecule has 1 aromatic rings. The molecule has 76 valence electrons. The van der Waals surface area contributed by atoms with Crippen molar-refractivity contribution in [3.63, 3.8) is 0 Å². The maximum atomic E-state index is 11.3. The summed E-state index contributed by atoms with van der Waals surface area (Å²) in [7, 11) is 0. The van der Waals surface area contributed by atoms with Gasteiger partial charge in [0.15, 0.2) is 0 Å². The topological polar surface area (TPSA) is 41.1 Å². The summed E-state index contributed by atoms with van der Waals surface area (Å²) < 4.78 is 0. The highest BCUT2D eigenvalue weighted by molar-refractivity contribution is 5.79. The van der Waals surface area contributed by atoms with Crippen LogP contribution in [0.3, 0.4) is 0 Å². The van der Waals surface area contributed by atoms with Crippen LogP contribution in [0.1, 0.15) is 19.4 Å². The zero-order valence-corrected chi connectivity index (χ0v) is 8.79. The fraction of sp³-hybridized carbons (Fsp3) is 0.364. The third-order valence-electron chi connectivity index (χ3n) is 1.99. The molecule has 0 fully saturated rings. The number of hydrogen-bond donors (Lipinski definition) is 2. The summed E-state index contributed by atoms with van der Waals surface area (Å²) in [5.41, 5.74) is 7.58. The Morgan fingerprint density at radius 3 is 2.50 bits per heavy atom. The quantitative estimate of drug-likeness (QED) is 0.720. The molecule has 0 aromatic heterocycles. The van der Waals surface area contributed by atoms with Gasteiger partial charge in [-0.2, -0.15) is 0 Å². The molecule has 0 saturated heterocycles. The third-order valence-corrected chi connectivity index (χ3v) is 1.99. The SMILES string of the molecule is Cc1ccccc1NNC(=O)C(C)C. The van der Waals surface area contributed by atoms with Crippen LogP contribution in [-0.2, 0) is 4.79 Å². The summed E-state index contributed by atoms with van der Waals surface area (Å²) in [6.45, 7) is 5.70. The first-order valence-corrected chi connectivity index (χ1v) is 4.72. The van der Waals surface area contributed by atoms with E-state index in [0.29, 0.717) is 0 Å². The summed E-state index contributed by atoms with van der Waals surface area (Å²) >= 11 is 0. The molecule has 1 rings (SSSR count). The van der Waals surface area contributed by atoms with Crippen LogP contribution in [0.4, 0.5) is 5.69 Å². The number of rotatable bonds is 3. The molecule has 0 radical (unpaired) electrons. The van der Waals surface area contributed by atoms with E-state index in [1.54, 1.807) is 0 Å². The summed E-state index contributed by atoms with van der Waals surface area (Å²) in [5, 5.41) is 0. The van der Waals surface area contributed by atoms with E-state index >= 15 is 0 Å². The van der Waals surface area contributed by atoms with Crippen molar-refractivity contribution >= 4 is 11.6 Å². The van der Waals surface area contributed by atoms with Gasteiger partial charge in [0.2, 0.25) is 5.91 Å². The van der Waals surface area contributed by atoms with Gasteiger partial charge in [0, 0.05) is 5.92 Å². The molecule has 3 heteroatoms. The number of carbonyl (C=O) groups is 1. The average molecular weight is 192 g/mol. The lowest BCUT2D eigenvalue weighted by atomic mass is 10.2. The van der Waals surface area contributed by atoms with E-state index in [2.05, 4.69) is 10.9 Å². The van der Waals surface area contributed by atoms with E-state index in [4.69, 9.17) is 0 Å². The van der Waals surface area contributed by atoms with Crippen LogP contribution in [0.5, 0.6) is 0 Å². The average Bonchev–Trinajstić information content (AvgIpc) is 2.16. The number of anilines is 1. The van der Waals surface area contributed by atoms with Gasteiger partial charge >= 0.3 is 0 Å². The predicted molar refractivity (Wildman–Crippen MR) is 57.8 cm³/mol. The van der Waals surface area contributed by atoms with Gasteiger partial charge in [0.1, 0.15) is 0 Å². The maximum Gasteiger partial charge on any atom is 0.240 e. The van der Waals surface area contributed by atoms with Crippen LogP contribution in [0.2, 0.25) is 0 Å². The third kappa shape index (κ3) is 2.76. The fourth-order valence-corrected chi connectivity index (χ4v) is 0.986. The minimum atomic E-state index is -0.00785. The van der Waals surface area contributed by atoms with Crippen LogP contribution in [0, 0.1) is 12.8 Å². The molecular weight excluding hydrogens is 176 g/mol. The second kappa shape index (κ2) is 4.65. The van der Waals surface area contributed by atoms with Crippen LogP contribution in [0.25, 0.3) is 0 Å². The summed E-state index contributed by atoms with van der Waals surface area (Å²) in [4.78, 5) is 11.3. The number of nitrogens with one attached hydrogen (secondary N) is 2. The van der Waals surface area contributed by atoms with Gasteiger partial charge in [0.25, 0.3) is 0 Å². The Bertz CT molecular complexity index is 321. The monoisotopic (exact) mass is 192 g/mol. The van der Waals surface area contributed by atoms with Crippen molar-refractivity contribution in [1.82, 2.24) is 5.43 Å². The molecule has 0 spiro atoms. The smallest absolute Gasteiger partial charge is 0.240 e. The summed E-state index contributed by atoms with van der Waals surface area (Å²) in [6.07, 6.45) is 0. The predicted octanol–water partition coefficient (Wildman–Crippen LogP) is 2.09. The molecular formula is C11H16N2O. The molecule has 0 atom stereocenters. The van der Waals surface area contributed by atoms with Crippen molar-refractivity contribution in [3.8, 4) is 0 Å². The number of hydrazine groups is 1. The molecule has 1 aromatic carbocycles. The Balaban J connectivity index is 2.54. The van der Waals surface area contributed by atoms with Crippen LogP contribution < -0.4 is 10.9 Å². The zero-order chi connectivity index (χ0) is 10.6. The first-order valence-electron chi connectivity index (χ1n) is 4.72. The molecule has 0 heterocycles. The molecule has 3 nitrogen and oxygen atoms in total. The van der Waals surface area contributed by atoms with E-state index in [0.717, 1.165) is 11.3 Å². The molecule has 0 aliphatic heterocycles. The number of para-hydroxylation sites is 1. The standard InChI is InChI=1S/C11H16N2O/c1-8(2)11(14)13-12-10-7-5-4-6-9(10)3/h4-8,12H,1-3H3,(H,13,14). The van der Waals surface area contributed by atoms with Crippen molar-refractivity contribution in [2.45, 2.75) is 20.8 Å². The highest BCUT2D eigenvalue weighted by Gasteiger charge is 2.05. The largest absolute Gasteiger partial charge is 0.298 e. The Hall–Kier alpha value is -1.51. The lowest BCUT2D eigenvalue weighted by Crippen LogP contribution is -2.33. The molecule has 0 saturated carbocycles. The van der Waals surface area contributed by atoms with E-state index in [-0.39, 0.29) is 11.8 Å². The van der Waals surface area contributed by atoms with Gasteiger partial charge in [-0.25, -0.2) is 0 Å². The Morgan fingerprint density at radius 2 is 1.93 bits per heavy atom. The van der Waals surface area contributed by atoms with Gasteiger partial charge in [-0.15, -0.1) is 0 Å². The maximum absolute atomic E-state index is 11.3. The molecule has 0 unspecified atom stereocenters. The van der Waals surface area contributed by atoms with E-state index in [1.165, 1.54) is 0 Å². The first-order chi connectivity index (χ1) is 6.61. The minimum Gasteiger partial charge on any atom is -0.298 e. The zero-order valence-electron chi connectivity index (χ0n) is 8.79. The molecule has 14 heavy (non-hydrogen) atoms. The number of hydrogen-bond acceptors (Lipinski definition) is 2. The second-order valence-corrected chi connectivity index (χ2v) is 3.58. The van der Waals surface area contributed by atoms with E-state index in [9.17, 15) is 4.79 Å². The molecule has 0 aliphatic rings. The molecule has 2 N–H and O–H groups in total. The number of aryl methyl sites for hydroxylation is 1. The Labute approximate surface area is 84.5 Å². The number of amides is 1. The van der Waals surface area contributed by atoms with Gasteiger partial charge < -0.3 is 0 Å². The van der Waals surface area contributed by atoms with E-state index in [1.807, 2.05) is 45.0 Å². The normalized spacial score (nSPS) is 10.0. The highest BCUT2D eigenvalue weighted by atomic mass is 16.2. The molecule has 1 amide bonds. The molecule has 0 aliphatic carbocycles. The van der Waals surface area contributed by atoms with Crippen molar-refractivity contribution < 1.29 is 4.79 Å². The molecule has 0 bridgehead atoms. The van der Waals surface area contributed by atoms with Crippen molar-refractivity contribution in [3.05, 3.63) is 29.8 Å². The van der Waals surface area contributed by atoms with E-state index < -0.39 is 0 Å². The minimum absolute atomic E-state index is 0.00625. The van der Waals surface area contributed by atoms with Gasteiger partial charge in [-0.1, -0.05) is 32.0 Å². The summed E-state index contributed by atoms with van der Waals surface area (Å²) in [6, 6.07) is 7.81. The summed E-state index contributed by atoms with van der Waals surface area (Å²) in [5.74, 6) is -0.0141. The van der Waals surface area contributed by atoms with Crippen molar-refractivity contribution in [2.75, 3.05) is 5.43 Å². The van der Waals surface area contributed by atoms with Crippen molar-refractivity contribution in [2.24, 2.45) is 5.92 Å². The Kier molecular flexibility index (Phi) is 3.51. The Morgan fingerprint density at radius 1 is 1.29 bits per heavy atom. The fourth-order valence-electron chi connectivity index (χ4n) is 0.986. The van der Waals surface area contributed by atoms with Crippen LogP contribution >= 0.6 is 0 Å².